The quantitative estimate of drug-likeness (QED) is 0.451. The number of halogens is 4. The molecular formula is C22H13F4NO3. The van der Waals surface area contributed by atoms with Crippen LogP contribution in [0.1, 0.15) is 27.0 Å². The van der Waals surface area contributed by atoms with Crippen LogP contribution in [0.15, 0.2) is 41.4 Å². The number of hydrogen-bond donors (Lipinski definition) is 2. The van der Waals surface area contributed by atoms with E-state index >= 15 is 0 Å². The summed E-state index contributed by atoms with van der Waals surface area (Å²) in [7, 11) is 0. The second kappa shape index (κ2) is 6.98. The molecule has 0 aliphatic carbocycles. The molecule has 152 valence electrons. The van der Waals surface area contributed by atoms with E-state index in [0.717, 1.165) is 24.3 Å². The van der Waals surface area contributed by atoms with Crippen molar-refractivity contribution >= 4 is 17.4 Å². The fraction of sp³-hybridized carbons (Fsp3) is 0.0909. The van der Waals surface area contributed by atoms with Gasteiger partial charge >= 0.3 is 5.97 Å². The molecule has 0 unspecified atom stereocenters. The average molecular weight is 415 g/mol. The molecule has 4 nitrogen and oxygen atoms in total. The van der Waals surface area contributed by atoms with Gasteiger partial charge in [0, 0.05) is 6.42 Å². The first-order chi connectivity index (χ1) is 14.2. The fourth-order valence-electron chi connectivity index (χ4n) is 3.54. The minimum Gasteiger partial charge on any atom is -0.508 e. The van der Waals surface area contributed by atoms with Gasteiger partial charge in [-0.05, 0) is 47.9 Å². The maximum atomic E-state index is 14.9. The summed E-state index contributed by atoms with van der Waals surface area (Å²) in [6, 6.07) is 7.43. The number of fused-ring (bicyclic) bond motifs is 1. The lowest BCUT2D eigenvalue weighted by molar-refractivity contribution is 0.0696. The van der Waals surface area contributed by atoms with Crippen LogP contribution < -0.4 is 0 Å². The molecule has 0 fully saturated rings. The van der Waals surface area contributed by atoms with Crippen molar-refractivity contribution in [3.05, 3.63) is 81.9 Å². The predicted molar refractivity (Wildman–Crippen MR) is 101 cm³/mol. The number of nitrogens with zero attached hydrogens (tertiary/aromatic N) is 1. The number of phenolic OH excluding ortho intramolecular Hbond substituents is 1. The lowest BCUT2D eigenvalue weighted by Crippen LogP contribution is -2.14. The Balaban J connectivity index is 1.87. The van der Waals surface area contributed by atoms with E-state index in [-0.39, 0.29) is 40.3 Å². The van der Waals surface area contributed by atoms with Crippen LogP contribution in [0, 0.1) is 30.2 Å². The van der Waals surface area contributed by atoms with Gasteiger partial charge in [0.25, 0.3) is 0 Å². The van der Waals surface area contributed by atoms with Gasteiger partial charge in [0.2, 0.25) is 0 Å². The number of aryl methyl sites for hydroxylation is 1. The summed E-state index contributed by atoms with van der Waals surface area (Å²) in [4.78, 5) is 15.5. The summed E-state index contributed by atoms with van der Waals surface area (Å²) in [6.45, 7) is 1.63. The maximum Gasteiger partial charge on any atom is 0.336 e. The van der Waals surface area contributed by atoms with Gasteiger partial charge < -0.3 is 10.2 Å². The van der Waals surface area contributed by atoms with Gasteiger partial charge in [0.1, 0.15) is 5.75 Å². The SMILES string of the molecule is Cc1cc2c(c(C(=O)O)c1)CC(c1c(F)c(F)c(-c3ccc(O)cc3)c(F)c1F)=N2. The molecule has 8 heteroatoms. The second-order valence-corrected chi connectivity index (χ2v) is 6.90. The third kappa shape index (κ3) is 3.01. The van der Waals surface area contributed by atoms with Gasteiger partial charge in [-0.3, -0.25) is 4.99 Å². The highest BCUT2D eigenvalue weighted by Crippen LogP contribution is 2.37. The first kappa shape index (κ1) is 19.6. The highest BCUT2D eigenvalue weighted by Gasteiger charge is 2.32. The predicted octanol–water partition coefficient (Wildman–Crippen LogP) is 5.30. The molecular weight excluding hydrogens is 402 g/mol. The molecule has 3 aromatic rings. The smallest absolute Gasteiger partial charge is 0.336 e. The van der Waals surface area contributed by atoms with E-state index in [4.69, 9.17) is 0 Å². The van der Waals surface area contributed by atoms with Crippen LogP contribution in [0.4, 0.5) is 23.2 Å². The minimum absolute atomic E-state index is 0.0915. The Bertz CT molecular complexity index is 1220. The van der Waals surface area contributed by atoms with Crippen molar-refractivity contribution in [2.45, 2.75) is 13.3 Å². The van der Waals surface area contributed by atoms with Crippen molar-refractivity contribution in [2.24, 2.45) is 4.99 Å². The molecule has 4 rings (SSSR count). The summed E-state index contributed by atoms with van der Waals surface area (Å²) in [5.74, 6) is -7.90. The molecule has 1 aliphatic heterocycles. The number of aromatic hydroxyl groups is 1. The molecule has 0 amide bonds. The van der Waals surface area contributed by atoms with Gasteiger partial charge in [0.15, 0.2) is 23.3 Å². The molecule has 0 bridgehead atoms. The molecule has 0 saturated heterocycles. The zero-order valence-electron chi connectivity index (χ0n) is 15.4. The Kier molecular flexibility index (Phi) is 4.57. The monoisotopic (exact) mass is 415 g/mol. The largest absolute Gasteiger partial charge is 0.508 e. The normalized spacial score (nSPS) is 12.6. The summed E-state index contributed by atoms with van der Waals surface area (Å²) in [5.41, 5.74) is -1.47. The number of carbonyl (C=O) groups is 1. The Morgan fingerprint density at radius 1 is 0.933 bits per heavy atom. The van der Waals surface area contributed by atoms with Crippen LogP contribution in [0.3, 0.4) is 0 Å². The van der Waals surface area contributed by atoms with E-state index in [1.807, 2.05) is 0 Å². The molecule has 0 radical (unpaired) electrons. The topological polar surface area (TPSA) is 69.9 Å². The van der Waals surface area contributed by atoms with Crippen molar-refractivity contribution < 1.29 is 32.6 Å². The van der Waals surface area contributed by atoms with E-state index in [0.29, 0.717) is 5.56 Å². The van der Waals surface area contributed by atoms with Crippen LogP contribution in [0.5, 0.6) is 5.75 Å². The third-order valence-corrected chi connectivity index (χ3v) is 4.91. The molecule has 0 atom stereocenters. The maximum absolute atomic E-state index is 14.9. The van der Waals surface area contributed by atoms with Gasteiger partial charge in [-0.15, -0.1) is 0 Å². The molecule has 3 aromatic carbocycles. The van der Waals surface area contributed by atoms with Crippen LogP contribution in [-0.2, 0) is 6.42 Å². The number of benzene rings is 3. The molecule has 1 aliphatic rings. The molecule has 0 saturated carbocycles. The number of aliphatic imine (C=N–C) groups is 1. The van der Waals surface area contributed by atoms with Crippen LogP contribution in [0.25, 0.3) is 11.1 Å². The number of phenols is 1. The van der Waals surface area contributed by atoms with Gasteiger partial charge in [-0.1, -0.05) is 12.1 Å². The van der Waals surface area contributed by atoms with Crippen molar-refractivity contribution in [1.29, 1.82) is 0 Å². The first-order valence-electron chi connectivity index (χ1n) is 8.79. The summed E-state index contributed by atoms with van der Waals surface area (Å²) in [6.07, 6.45) is -0.289. The third-order valence-electron chi connectivity index (χ3n) is 4.91. The highest BCUT2D eigenvalue weighted by molar-refractivity contribution is 6.09. The lowest BCUT2D eigenvalue weighted by Gasteiger charge is -2.12. The standard InChI is InChI=1S/C22H13F4NO3/c1-9-6-13(22(29)30)12-8-15(27-14(12)7-9)17-20(25)18(23)16(19(24)21(17)26)10-2-4-11(28)5-3-10/h2-7,28H,8H2,1H3,(H,29,30). The van der Waals surface area contributed by atoms with E-state index in [2.05, 4.69) is 4.99 Å². The lowest BCUT2D eigenvalue weighted by atomic mass is 9.95. The van der Waals surface area contributed by atoms with Crippen molar-refractivity contribution in [3.8, 4) is 16.9 Å². The van der Waals surface area contributed by atoms with Gasteiger partial charge in [-0.2, -0.15) is 0 Å². The van der Waals surface area contributed by atoms with Crippen molar-refractivity contribution in [1.82, 2.24) is 0 Å². The Morgan fingerprint density at radius 2 is 1.50 bits per heavy atom. The van der Waals surface area contributed by atoms with Crippen LogP contribution in [0.2, 0.25) is 0 Å². The molecule has 30 heavy (non-hydrogen) atoms. The zero-order chi connectivity index (χ0) is 21.7. The first-order valence-corrected chi connectivity index (χ1v) is 8.79. The number of carboxylic acid groups (broad SMARTS) is 1. The minimum atomic E-state index is -1.63. The molecule has 0 aromatic heterocycles. The van der Waals surface area contributed by atoms with Crippen molar-refractivity contribution in [2.75, 3.05) is 0 Å². The van der Waals surface area contributed by atoms with Crippen LogP contribution >= 0.6 is 0 Å². The van der Waals surface area contributed by atoms with E-state index in [9.17, 15) is 32.6 Å². The summed E-state index contributed by atoms with van der Waals surface area (Å²) in [5, 5.41) is 18.7. The van der Waals surface area contributed by atoms with E-state index in [1.165, 1.54) is 12.1 Å². The second-order valence-electron chi connectivity index (χ2n) is 6.90. The fourth-order valence-corrected chi connectivity index (χ4v) is 3.54. The van der Waals surface area contributed by atoms with E-state index in [1.54, 1.807) is 6.92 Å². The number of hydrogen-bond acceptors (Lipinski definition) is 3. The molecule has 0 spiro atoms. The Labute approximate surface area is 167 Å². The number of aromatic carboxylic acids is 1. The van der Waals surface area contributed by atoms with E-state index < -0.39 is 40.4 Å². The number of rotatable bonds is 3. The van der Waals surface area contributed by atoms with Crippen LogP contribution in [-0.4, -0.2) is 21.9 Å². The average Bonchev–Trinajstić information content (AvgIpc) is 3.10. The molecule has 1 heterocycles. The summed E-state index contributed by atoms with van der Waals surface area (Å²) >= 11 is 0. The summed E-state index contributed by atoms with van der Waals surface area (Å²) < 4.78 is 59.2. The zero-order valence-corrected chi connectivity index (χ0v) is 15.4. The van der Waals surface area contributed by atoms with Gasteiger partial charge in [0.05, 0.1) is 28.1 Å². The Morgan fingerprint density at radius 3 is 2.07 bits per heavy atom. The van der Waals surface area contributed by atoms with Crippen molar-refractivity contribution in [3.63, 3.8) is 0 Å². The highest BCUT2D eigenvalue weighted by atomic mass is 19.2. The number of carboxylic acids is 1. The van der Waals surface area contributed by atoms with Gasteiger partial charge in [-0.25, -0.2) is 22.4 Å². The Hall–Kier alpha value is -3.68. The molecule has 2 N–H and O–H groups in total.